The van der Waals surface area contributed by atoms with E-state index in [1.54, 1.807) is 31.4 Å². The number of benzene rings is 1. The molecule has 6 nitrogen and oxygen atoms in total. The zero-order valence-corrected chi connectivity index (χ0v) is 15.6. The van der Waals surface area contributed by atoms with Gasteiger partial charge in [-0.05, 0) is 49.9 Å². The Labute approximate surface area is 150 Å². The predicted octanol–water partition coefficient (Wildman–Crippen LogP) is 2.38. The number of hydrogen-bond donors (Lipinski definition) is 2. The summed E-state index contributed by atoms with van der Waals surface area (Å²) in [7, 11) is 1.66. The third-order valence-corrected chi connectivity index (χ3v) is 3.74. The molecule has 25 heavy (non-hydrogen) atoms. The molecule has 0 spiro atoms. The number of carbonyl (C=O) groups excluding carboxylic acids is 2. The summed E-state index contributed by atoms with van der Waals surface area (Å²) in [4.78, 5) is 24.7. The first-order chi connectivity index (χ1) is 12.0. The summed E-state index contributed by atoms with van der Waals surface area (Å²) in [6, 6.07) is 6.32. The van der Waals surface area contributed by atoms with E-state index in [1.807, 2.05) is 20.8 Å². The van der Waals surface area contributed by atoms with E-state index < -0.39 is 6.04 Å². The molecule has 0 aliphatic rings. The first kappa shape index (κ1) is 21.0. The van der Waals surface area contributed by atoms with Crippen molar-refractivity contribution in [3.63, 3.8) is 0 Å². The maximum Gasteiger partial charge on any atom is 0.251 e. The number of hydrogen-bond acceptors (Lipinski definition) is 4. The minimum atomic E-state index is -0.568. The fourth-order valence-corrected chi connectivity index (χ4v) is 2.32. The van der Waals surface area contributed by atoms with Crippen LogP contribution in [0.1, 0.15) is 44.0 Å². The number of amides is 2. The van der Waals surface area contributed by atoms with Gasteiger partial charge in [0, 0.05) is 25.8 Å². The van der Waals surface area contributed by atoms with Gasteiger partial charge >= 0.3 is 0 Å². The van der Waals surface area contributed by atoms with E-state index in [9.17, 15) is 9.59 Å². The van der Waals surface area contributed by atoms with Crippen molar-refractivity contribution in [1.29, 1.82) is 0 Å². The lowest BCUT2D eigenvalue weighted by atomic mass is 10.0. The van der Waals surface area contributed by atoms with Gasteiger partial charge in [0.1, 0.15) is 11.8 Å². The van der Waals surface area contributed by atoms with Gasteiger partial charge in [-0.1, -0.05) is 13.8 Å². The molecule has 0 saturated carbocycles. The Kier molecular flexibility index (Phi) is 9.62. The molecule has 0 fully saturated rings. The lowest BCUT2D eigenvalue weighted by molar-refractivity contribution is -0.123. The second-order valence-electron chi connectivity index (χ2n) is 6.14. The molecular weight excluding hydrogens is 320 g/mol. The largest absolute Gasteiger partial charge is 0.494 e. The third kappa shape index (κ3) is 7.56. The number of ether oxygens (including phenoxy) is 2. The topological polar surface area (TPSA) is 76.7 Å². The van der Waals surface area contributed by atoms with Crippen molar-refractivity contribution in [2.75, 3.05) is 26.9 Å². The average Bonchev–Trinajstić information content (AvgIpc) is 2.59. The van der Waals surface area contributed by atoms with Gasteiger partial charge in [-0.3, -0.25) is 9.59 Å². The summed E-state index contributed by atoms with van der Waals surface area (Å²) >= 11 is 0. The molecule has 6 heteroatoms. The van der Waals surface area contributed by atoms with Gasteiger partial charge < -0.3 is 20.1 Å². The van der Waals surface area contributed by atoms with Crippen LogP contribution in [0.5, 0.6) is 5.75 Å². The lowest BCUT2D eigenvalue weighted by Gasteiger charge is -2.22. The highest BCUT2D eigenvalue weighted by Gasteiger charge is 2.24. The summed E-state index contributed by atoms with van der Waals surface area (Å²) in [6.07, 6.45) is 1.74. The van der Waals surface area contributed by atoms with Crippen LogP contribution in [0.15, 0.2) is 24.3 Å². The van der Waals surface area contributed by atoms with E-state index in [2.05, 4.69) is 10.6 Å². The fourth-order valence-electron chi connectivity index (χ4n) is 2.32. The number of methoxy groups -OCH3 is 1. The van der Waals surface area contributed by atoms with Crippen molar-refractivity contribution in [3.05, 3.63) is 29.8 Å². The van der Waals surface area contributed by atoms with Crippen molar-refractivity contribution in [2.24, 2.45) is 5.92 Å². The van der Waals surface area contributed by atoms with Crippen molar-refractivity contribution in [1.82, 2.24) is 10.6 Å². The van der Waals surface area contributed by atoms with E-state index in [4.69, 9.17) is 9.47 Å². The van der Waals surface area contributed by atoms with Crippen LogP contribution in [0, 0.1) is 5.92 Å². The van der Waals surface area contributed by atoms with Gasteiger partial charge in [-0.15, -0.1) is 0 Å². The van der Waals surface area contributed by atoms with E-state index in [1.165, 1.54) is 0 Å². The summed E-state index contributed by atoms with van der Waals surface area (Å²) in [5.41, 5.74) is 0.502. The molecule has 0 aromatic heterocycles. The molecule has 0 aliphatic heterocycles. The molecule has 1 rings (SSSR count). The summed E-state index contributed by atoms with van der Waals surface area (Å²) in [5, 5.41) is 5.70. The summed E-state index contributed by atoms with van der Waals surface area (Å²) in [6.45, 7) is 7.55. The second-order valence-corrected chi connectivity index (χ2v) is 6.14. The molecule has 0 heterocycles. The van der Waals surface area contributed by atoms with E-state index >= 15 is 0 Å². The van der Waals surface area contributed by atoms with Crippen LogP contribution >= 0.6 is 0 Å². The molecule has 1 aromatic rings. The Hall–Kier alpha value is -2.08. The van der Waals surface area contributed by atoms with Gasteiger partial charge in [-0.25, -0.2) is 0 Å². The highest BCUT2D eigenvalue weighted by atomic mass is 16.5. The maximum atomic E-state index is 12.4. The zero-order chi connectivity index (χ0) is 18.7. The quantitative estimate of drug-likeness (QED) is 0.601. The molecule has 1 unspecified atom stereocenters. The van der Waals surface area contributed by atoms with E-state index in [0.29, 0.717) is 31.1 Å². The van der Waals surface area contributed by atoms with Crippen LogP contribution in [-0.4, -0.2) is 44.7 Å². The van der Waals surface area contributed by atoms with Crippen LogP contribution in [0.25, 0.3) is 0 Å². The van der Waals surface area contributed by atoms with Gasteiger partial charge in [0.05, 0.1) is 6.61 Å². The van der Waals surface area contributed by atoms with Crippen LogP contribution < -0.4 is 15.4 Å². The molecule has 0 saturated heterocycles. The zero-order valence-electron chi connectivity index (χ0n) is 15.6. The molecule has 1 aromatic carbocycles. The van der Waals surface area contributed by atoms with Crippen LogP contribution in [-0.2, 0) is 9.53 Å². The fraction of sp³-hybridized carbons (Fsp3) is 0.579. The lowest BCUT2D eigenvalue weighted by Crippen LogP contribution is -2.49. The van der Waals surface area contributed by atoms with Crippen molar-refractivity contribution < 1.29 is 19.1 Å². The second kappa shape index (κ2) is 11.5. The monoisotopic (exact) mass is 350 g/mol. The van der Waals surface area contributed by atoms with Crippen LogP contribution in [0.3, 0.4) is 0 Å². The molecule has 2 N–H and O–H groups in total. The number of nitrogens with one attached hydrogen (secondary N) is 2. The van der Waals surface area contributed by atoms with Crippen LogP contribution in [0.4, 0.5) is 0 Å². The standard InChI is InChI=1S/C19H30N2O4/c1-5-25-16-10-8-15(9-11-16)18(22)21-17(14(2)3)19(23)20-12-6-7-13-24-4/h8-11,14,17H,5-7,12-13H2,1-4H3,(H,20,23)(H,21,22). The summed E-state index contributed by atoms with van der Waals surface area (Å²) < 4.78 is 10.3. The van der Waals surface area contributed by atoms with E-state index in [-0.39, 0.29) is 17.7 Å². The minimum absolute atomic E-state index is 0.00868. The average molecular weight is 350 g/mol. The predicted molar refractivity (Wildman–Crippen MR) is 97.8 cm³/mol. The Morgan fingerprint density at radius 3 is 2.36 bits per heavy atom. The highest BCUT2D eigenvalue weighted by molar-refractivity contribution is 5.97. The first-order valence-electron chi connectivity index (χ1n) is 8.80. The minimum Gasteiger partial charge on any atom is -0.494 e. The molecular formula is C19H30N2O4. The molecule has 2 amide bonds. The Morgan fingerprint density at radius 1 is 1.12 bits per heavy atom. The first-order valence-corrected chi connectivity index (χ1v) is 8.80. The molecule has 0 aliphatic carbocycles. The van der Waals surface area contributed by atoms with Crippen molar-refractivity contribution >= 4 is 11.8 Å². The Morgan fingerprint density at radius 2 is 1.80 bits per heavy atom. The van der Waals surface area contributed by atoms with Gasteiger partial charge in [0.25, 0.3) is 5.91 Å². The third-order valence-electron chi connectivity index (χ3n) is 3.74. The molecule has 1 atom stereocenters. The van der Waals surface area contributed by atoms with Gasteiger partial charge in [0.2, 0.25) is 5.91 Å². The van der Waals surface area contributed by atoms with Crippen molar-refractivity contribution in [2.45, 2.75) is 39.7 Å². The Bertz CT molecular complexity index is 529. The van der Waals surface area contributed by atoms with E-state index in [0.717, 1.165) is 12.8 Å². The number of carbonyl (C=O) groups is 2. The summed E-state index contributed by atoms with van der Waals surface area (Å²) in [5.74, 6) is 0.280. The molecule has 0 bridgehead atoms. The maximum absolute atomic E-state index is 12.4. The Balaban J connectivity index is 2.57. The molecule has 0 radical (unpaired) electrons. The number of unbranched alkanes of at least 4 members (excludes halogenated alkanes) is 1. The van der Waals surface area contributed by atoms with Gasteiger partial charge in [0.15, 0.2) is 0 Å². The molecule has 140 valence electrons. The van der Waals surface area contributed by atoms with Crippen molar-refractivity contribution in [3.8, 4) is 5.75 Å². The highest BCUT2D eigenvalue weighted by Crippen LogP contribution is 2.13. The van der Waals surface area contributed by atoms with Gasteiger partial charge in [-0.2, -0.15) is 0 Å². The van der Waals surface area contributed by atoms with Crippen LogP contribution in [0.2, 0.25) is 0 Å². The number of rotatable bonds is 11. The SMILES string of the molecule is CCOc1ccc(C(=O)NC(C(=O)NCCCCOC)C(C)C)cc1. The smallest absolute Gasteiger partial charge is 0.251 e. The normalized spacial score (nSPS) is 11.9.